The first-order valence-electron chi connectivity index (χ1n) is 7.71. The summed E-state index contributed by atoms with van der Waals surface area (Å²) in [7, 11) is -3.41. The van der Waals surface area contributed by atoms with E-state index in [9.17, 15) is 8.42 Å². The van der Waals surface area contributed by atoms with Gasteiger partial charge in [-0.3, -0.25) is 0 Å². The molecule has 0 aromatic heterocycles. The van der Waals surface area contributed by atoms with E-state index in [4.69, 9.17) is 0 Å². The van der Waals surface area contributed by atoms with Gasteiger partial charge in [0.25, 0.3) is 0 Å². The molecule has 5 heteroatoms. The standard InChI is InChI=1S/C16H26N2O2S/c1-5-18(12(2)3)21(19,20)16-9-6-13(4)14(10-16)11-17-15-7-8-15/h6,9-10,12,15,17H,5,7-8,11H2,1-4H3. The molecule has 0 bridgehead atoms. The first-order chi connectivity index (χ1) is 9.86. The molecular weight excluding hydrogens is 284 g/mol. The Balaban J connectivity index is 2.27. The Hall–Kier alpha value is -0.910. The molecule has 1 saturated carbocycles. The van der Waals surface area contributed by atoms with Crippen LogP contribution in [0.3, 0.4) is 0 Å². The molecule has 0 radical (unpaired) electrons. The van der Waals surface area contributed by atoms with E-state index in [0.717, 1.165) is 17.7 Å². The molecule has 0 saturated heterocycles. The summed E-state index contributed by atoms with van der Waals surface area (Å²) in [5.41, 5.74) is 2.21. The lowest BCUT2D eigenvalue weighted by atomic mass is 10.1. The first-order valence-corrected chi connectivity index (χ1v) is 9.15. The molecule has 1 fully saturated rings. The Morgan fingerprint density at radius 1 is 1.33 bits per heavy atom. The van der Waals surface area contributed by atoms with Crippen molar-refractivity contribution >= 4 is 10.0 Å². The Morgan fingerprint density at radius 3 is 2.52 bits per heavy atom. The molecule has 4 nitrogen and oxygen atoms in total. The zero-order valence-corrected chi connectivity index (χ0v) is 14.2. The topological polar surface area (TPSA) is 49.4 Å². The molecule has 1 aromatic carbocycles. The van der Waals surface area contributed by atoms with Crippen LogP contribution in [0.2, 0.25) is 0 Å². The molecule has 21 heavy (non-hydrogen) atoms. The summed E-state index contributed by atoms with van der Waals surface area (Å²) >= 11 is 0. The number of benzene rings is 1. The monoisotopic (exact) mass is 310 g/mol. The van der Waals surface area contributed by atoms with Gasteiger partial charge in [0.05, 0.1) is 4.90 Å². The number of aryl methyl sites for hydroxylation is 1. The molecule has 0 spiro atoms. The van der Waals surface area contributed by atoms with Crippen molar-refractivity contribution in [2.75, 3.05) is 6.54 Å². The highest BCUT2D eigenvalue weighted by molar-refractivity contribution is 7.89. The molecule has 0 atom stereocenters. The van der Waals surface area contributed by atoms with E-state index in [-0.39, 0.29) is 6.04 Å². The first kappa shape index (κ1) is 16.5. The van der Waals surface area contributed by atoms with Crippen LogP contribution in [-0.2, 0) is 16.6 Å². The number of nitrogens with zero attached hydrogens (tertiary/aromatic N) is 1. The van der Waals surface area contributed by atoms with E-state index >= 15 is 0 Å². The molecular formula is C16H26N2O2S. The summed E-state index contributed by atoms with van der Waals surface area (Å²) in [6.45, 7) is 8.95. The van der Waals surface area contributed by atoms with Crippen molar-refractivity contribution < 1.29 is 8.42 Å². The minimum atomic E-state index is -3.41. The Bertz CT molecular complexity index is 592. The summed E-state index contributed by atoms with van der Waals surface area (Å²) in [5.74, 6) is 0. The lowest BCUT2D eigenvalue weighted by molar-refractivity contribution is 0.369. The fraction of sp³-hybridized carbons (Fsp3) is 0.625. The SMILES string of the molecule is CCN(C(C)C)S(=O)(=O)c1ccc(C)c(CNC2CC2)c1. The fourth-order valence-electron chi connectivity index (χ4n) is 2.49. The zero-order chi connectivity index (χ0) is 15.6. The highest BCUT2D eigenvalue weighted by atomic mass is 32.2. The summed E-state index contributed by atoms with van der Waals surface area (Å²) in [4.78, 5) is 0.399. The quantitative estimate of drug-likeness (QED) is 0.842. The third kappa shape index (κ3) is 3.84. The molecule has 1 N–H and O–H groups in total. The van der Waals surface area contributed by atoms with Gasteiger partial charge in [-0.2, -0.15) is 4.31 Å². The van der Waals surface area contributed by atoms with Crippen molar-refractivity contribution in [2.24, 2.45) is 0 Å². The Morgan fingerprint density at radius 2 is 2.00 bits per heavy atom. The molecule has 0 unspecified atom stereocenters. The molecule has 1 aliphatic carbocycles. The molecule has 2 rings (SSSR count). The van der Waals surface area contributed by atoms with Crippen LogP contribution in [0.15, 0.2) is 23.1 Å². The number of sulfonamides is 1. The largest absolute Gasteiger partial charge is 0.310 e. The van der Waals surface area contributed by atoms with Crippen LogP contribution in [0.4, 0.5) is 0 Å². The molecule has 1 aliphatic rings. The molecule has 118 valence electrons. The average molecular weight is 310 g/mol. The van der Waals surface area contributed by atoms with Gasteiger partial charge < -0.3 is 5.32 Å². The predicted molar refractivity (Wildman–Crippen MR) is 85.7 cm³/mol. The lowest BCUT2D eigenvalue weighted by Gasteiger charge is -2.24. The molecule has 0 heterocycles. The molecule has 1 aromatic rings. The number of nitrogens with one attached hydrogen (secondary N) is 1. The van der Waals surface area contributed by atoms with E-state index < -0.39 is 10.0 Å². The zero-order valence-electron chi connectivity index (χ0n) is 13.4. The third-order valence-electron chi connectivity index (χ3n) is 3.97. The van der Waals surface area contributed by atoms with Gasteiger partial charge in [-0.1, -0.05) is 13.0 Å². The van der Waals surface area contributed by atoms with Crippen LogP contribution in [0, 0.1) is 6.92 Å². The van der Waals surface area contributed by atoms with E-state index in [2.05, 4.69) is 5.32 Å². The minimum Gasteiger partial charge on any atom is -0.310 e. The van der Waals surface area contributed by atoms with E-state index in [0.29, 0.717) is 17.5 Å². The minimum absolute atomic E-state index is 0.0330. The van der Waals surface area contributed by atoms with Gasteiger partial charge in [0.1, 0.15) is 0 Å². The maximum atomic E-state index is 12.7. The van der Waals surface area contributed by atoms with Crippen LogP contribution in [-0.4, -0.2) is 31.4 Å². The number of hydrogen-bond donors (Lipinski definition) is 1. The van der Waals surface area contributed by atoms with Crippen LogP contribution in [0.5, 0.6) is 0 Å². The van der Waals surface area contributed by atoms with Gasteiger partial charge >= 0.3 is 0 Å². The van der Waals surface area contributed by atoms with Crippen molar-refractivity contribution in [3.05, 3.63) is 29.3 Å². The second-order valence-corrected chi connectivity index (χ2v) is 7.94. The van der Waals surface area contributed by atoms with Gasteiger partial charge in [0.2, 0.25) is 10.0 Å². The second kappa shape index (κ2) is 6.46. The van der Waals surface area contributed by atoms with Crippen molar-refractivity contribution in [3.63, 3.8) is 0 Å². The van der Waals surface area contributed by atoms with E-state index in [1.807, 2.05) is 39.8 Å². The Kier molecular flexibility index (Phi) is 5.07. The lowest BCUT2D eigenvalue weighted by Crippen LogP contribution is -2.36. The summed E-state index contributed by atoms with van der Waals surface area (Å²) in [6, 6.07) is 6.04. The molecule has 0 aliphatic heterocycles. The van der Waals surface area contributed by atoms with Gasteiger partial charge in [0, 0.05) is 25.2 Å². The third-order valence-corrected chi connectivity index (χ3v) is 6.12. The van der Waals surface area contributed by atoms with E-state index in [1.54, 1.807) is 6.07 Å². The van der Waals surface area contributed by atoms with Crippen LogP contribution >= 0.6 is 0 Å². The molecule has 0 amide bonds. The van der Waals surface area contributed by atoms with Crippen LogP contribution < -0.4 is 5.32 Å². The summed E-state index contributed by atoms with van der Waals surface area (Å²) in [5, 5.41) is 3.45. The Labute approximate surface area is 128 Å². The van der Waals surface area contributed by atoms with Crippen LogP contribution in [0.25, 0.3) is 0 Å². The fourth-order valence-corrected chi connectivity index (χ4v) is 4.19. The summed E-state index contributed by atoms with van der Waals surface area (Å²) < 4.78 is 27.0. The average Bonchev–Trinajstić information content (AvgIpc) is 3.21. The summed E-state index contributed by atoms with van der Waals surface area (Å²) in [6.07, 6.45) is 2.46. The van der Waals surface area contributed by atoms with Crippen molar-refractivity contribution in [1.82, 2.24) is 9.62 Å². The number of rotatable bonds is 7. The van der Waals surface area contributed by atoms with E-state index in [1.165, 1.54) is 17.1 Å². The highest BCUT2D eigenvalue weighted by Gasteiger charge is 2.26. The van der Waals surface area contributed by atoms with Gasteiger partial charge in [-0.25, -0.2) is 8.42 Å². The van der Waals surface area contributed by atoms with Gasteiger partial charge in [-0.05, 0) is 56.9 Å². The highest BCUT2D eigenvalue weighted by Crippen LogP contribution is 2.23. The van der Waals surface area contributed by atoms with Gasteiger partial charge in [0.15, 0.2) is 0 Å². The number of hydrogen-bond acceptors (Lipinski definition) is 3. The maximum Gasteiger partial charge on any atom is 0.243 e. The van der Waals surface area contributed by atoms with Gasteiger partial charge in [-0.15, -0.1) is 0 Å². The van der Waals surface area contributed by atoms with Crippen molar-refractivity contribution in [1.29, 1.82) is 0 Å². The van der Waals surface area contributed by atoms with Crippen LogP contribution in [0.1, 0.15) is 44.7 Å². The van der Waals surface area contributed by atoms with Crippen molar-refractivity contribution in [2.45, 2.75) is 64.1 Å². The predicted octanol–water partition coefficient (Wildman–Crippen LogP) is 2.67. The maximum absolute atomic E-state index is 12.7. The smallest absolute Gasteiger partial charge is 0.243 e. The normalized spacial score (nSPS) is 15.9. The van der Waals surface area contributed by atoms with Crippen molar-refractivity contribution in [3.8, 4) is 0 Å². The second-order valence-electron chi connectivity index (χ2n) is 6.05.